The van der Waals surface area contributed by atoms with Crippen LogP contribution in [0.4, 0.5) is 0 Å². The van der Waals surface area contributed by atoms with Crippen molar-refractivity contribution in [2.45, 2.75) is 60.3 Å². The van der Waals surface area contributed by atoms with Gasteiger partial charge in [-0.15, -0.1) is 0 Å². The van der Waals surface area contributed by atoms with E-state index < -0.39 is 0 Å². The molecule has 0 fully saturated rings. The molecule has 1 unspecified atom stereocenters. The van der Waals surface area contributed by atoms with Gasteiger partial charge in [0.05, 0.1) is 0 Å². The molecule has 0 aromatic heterocycles. The molecule has 0 saturated carbocycles. The van der Waals surface area contributed by atoms with E-state index in [1.165, 1.54) is 25.7 Å². The van der Waals surface area contributed by atoms with Crippen molar-refractivity contribution in [3.05, 3.63) is 0 Å². The van der Waals surface area contributed by atoms with Crippen molar-refractivity contribution in [1.29, 1.82) is 0 Å². The maximum Gasteiger partial charge on any atom is -0.0438 e. The summed E-state index contributed by atoms with van der Waals surface area (Å²) in [6.07, 6.45) is 5.51. The maximum absolute atomic E-state index is 2.40. The second-order valence-electron chi connectivity index (χ2n) is 4.60. The lowest BCUT2D eigenvalue weighted by Gasteiger charge is -2.18. The Labute approximate surface area is 78.8 Å². The molecule has 0 heterocycles. The van der Waals surface area contributed by atoms with Gasteiger partial charge < -0.3 is 0 Å². The maximum atomic E-state index is 2.40. The van der Waals surface area contributed by atoms with E-state index in [1.54, 1.807) is 0 Å². The van der Waals surface area contributed by atoms with Gasteiger partial charge in [-0.25, -0.2) is 0 Å². The van der Waals surface area contributed by atoms with Crippen LogP contribution in [0.3, 0.4) is 0 Å². The summed E-state index contributed by atoms with van der Waals surface area (Å²) in [5.41, 5.74) is 0. The first kappa shape index (κ1) is 12.0. The van der Waals surface area contributed by atoms with Crippen LogP contribution in [0, 0.1) is 17.8 Å². The number of hydrogen-bond acceptors (Lipinski definition) is 0. The van der Waals surface area contributed by atoms with Crippen LogP contribution in [0.25, 0.3) is 0 Å². The number of hydrogen-bond donors (Lipinski definition) is 0. The second kappa shape index (κ2) is 6.51. The molecule has 74 valence electrons. The quantitative estimate of drug-likeness (QED) is 0.551. The summed E-state index contributed by atoms with van der Waals surface area (Å²) >= 11 is 0. The van der Waals surface area contributed by atoms with Gasteiger partial charge in [-0.05, 0) is 30.6 Å². The fourth-order valence-corrected chi connectivity index (χ4v) is 1.80. The third-order valence-electron chi connectivity index (χ3n) is 3.00. The molecule has 0 radical (unpaired) electrons. The first-order chi connectivity index (χ1) is 5.60. The molecular formula is C12H26. The molecule has 0 N–H and O–H groups in total. The zero-order chi connectivity index (χ0) is 9.56. The molecule has 3 atom stereocenters. The highest BCUT2D eigenvalue weighted by Crippen LogP contribution is 2.22. The lowest BCUT2D eigenvalue weighted by atomic mass is 9.88. The van der Waals surface area contributed by atoms with Gasteiger partial charge in [-0.1, -0.05) is 47.5 Å². The van der Waals surface area contributed by atoms with Gasteiger partial charge >= 0.3 is 0 Å². The Balaban J connectivity index is 3.51. The van der Waals surface area contributed by atoms with Gasteiger partial charge in [0.25, 0.3) is 0 Å². The first-order valence-electron chi connectivity index (χ1n) is 5.60. The Morgan fingerprint density at radius 3 is 1.25 bits per heavy atom. The van der Waals surface area contributed by atoms with E-state index >= 15 is 0 Å². The van der Waals surface area contributed by atoms with Crippen LogP contribution in [-0.2, 0) is 0 Å². The van der Waals surface area contributed by atoms with Crippen LogP contribution >= 0.6 is 0 Å². The van der Waals surface area contributed by atoms with Crippen molar-refractivity contribution in [2.24, 2.45) is 17.8 Å². The molecule has 0 spiro atoms. The largest absolute Gasteiger partial charge is 0.0651 e. The van der Waals surface area contributed by atoms with E-state index in [-0.39, 0.29) is 0 Å². The van der Waals surface area contributed by atoms with Crippen molar-refractivity contribution >= 4 is 0 Å². The van der Waals surface area contributed by atoms with Crippen LogP contribution < -0.4 is 0 Å². The van der Waals surface area contributed by atoms with Crippen molar-refractivity contribution in [3.63, 3.8) is 0 Å². The topological polar surface area (TPSA) is 0 Å². The Hall–Kier alpha value is 0. The molecule has 0 aromatic rings. The molecule has 0 aliphatic heterocycles. The molecule has 0 aliphatic rings. The molecule has 0 rings (SSSR count). The van der Waals surface area contributed by atoms with Gasteiger partial charge in [0.15, 0.2) is 0 Å². The van der Waals surface area contributed by atoms with Crippen LogP contribution in [0.15, 0.2) is 0 Å². The minimum Gasteiger partial charge on any atom is -0.0651 e. The molecule has 0 amide bonds. The van der Waals surface area contributed by atoms with Crippen LogP contribution in [-0.4, -0.2) is 0 Å². The van der Waals surface area contributed by atoms with E-state index in [4.69, 9.17) is 0 Å². The SMILES string of the molecule is CC[C@@H](C)CC(C)C[C@@H](C)CC. The fraction of sp³-hybridized carbons (Fsp3) is 1.00. The summed E-state index contributed by atoms with van der Waals surface area (Å²) in [5.74, 6) is 2.77. The Morgan fingerprint density at radius 2 is 1.00 bits per heavy atom. The molecule has 0 saturated heterocycles. The second-order valence-corrected chi connectivity index (χ2v) is 4.60. The summed E-state index contributed by atoms with van der Waals surface area (Å²) in [7, 11) is 0. The van der Waals surface area contributed by atoms with E-state index in [9.17, 15) is 0 Å². The zero-order valence-corrected chi connectivity index (χ0v) is 9.56. The van der Waals surface area contributed by atoms with Gasteiger partial charge in [0.1, 0.15) is 0 Å². The highest BCUT2D eigenvalue weighted by atomic mass is 14.2. The van der Waals surface area contributed by atoms with E-state index in [0.717, 1.165) is 17.8 Å². The lowest BCUT2D eigenvalue weighted by Crippen LogP contribution is -2.06. The highest BCUT2D eigenvalue weighted by Gasteiger charge is 2.09. The van der Waals surface area contributed by atoms with Gasteiger partial charge in [-0.2, -0.15) is 0 Å². The van der Waals surface area contributed by atoms with Gasteiger partial charge in [0, 0.05) is 0 Å². The van der Waals surface area contributed by atoms with E-state index in [1.807, 2.05) is 0 Å². The Bertz CT molecular complexity index is 84.2. The third kappa shape index (κ3) is 5.62. The van der Waals surface area contributed by atoms with E-state index in [0.29, 0.717) is 0 Å². The smallest absolute Gasteiger partial charge is 0.0438 e. The highest BCUT2D eigenvalue weighted by molar-refractivity contribution is 4.61. The lowest BCUT2D eigenvalue weighted by molar-refractivity contribution is 0.335. The summed E-state index contributed by atoms with van der Waals surface area (Å²) < 4.78 is 0. The monoisotopic (exact) mass is 170 g/mol. The molecule has 0 aromatic carbocycles. The van der Waals surface area contributed by atoms with Crippen LogP contribution in [0.1, 0.15) is 60.3 Å². The molecule has 0 heteroatoms. The van der Waals surface area contributed by atoms with Gasteiger partial charge in [-0.3, -0.25) is 0 Å². The van der Waals surface area contributed by atoms with E-state index in [2.05, 4.69) is 34.6 Å². The van der Waals surface area contributed by atoms with Crippen molar-refractivity contribution < 1.29 is 0 Å². The summed E-state index contributed by atoms with van der Waals surface area (Å²) in [6.45, 7) is 11.7. The number of rotatable bonds is 6. The summed E-state index contributed by atoms with van der Waals surface area (Å²) in [4.78, 5) is 0. The fourth-order valence-electron chi connectivity index (χ4n) is 1.80. The minimum absolute atomic E-state index is 0.920. The normalized spacial score (nSPS) is 18.8. The Kier molecular flexibility index (Phi) is 6.51. The summed E-state index contributed by atoms with van der Waals surface area (Å²) in [5, 5.41) is 0. The molecule has 12 heavy (non-hydrogen) atoms. The molecular weight excluding hydrogens is 144 g/mol. The predicted molar refractivity (Wildman–Crippen MR) is 57.3 cm³/mol. The molecule has 0 aliphatic carbocycles. The predicted octanol–water partition coefficient (Wildman–Crippen LogP) is 4.49. The third-order valence-corrected chi connectivity index (χ3v) is 3.00. The average Bonchev–Trinajstić information content (AvgIpc) is 2.03. The minimum atomic E-state index is 0.920. The van der Waals surface area contributed by atoms with Crippen molar-refractivity contribution in [3.8, 4) is 0 Å². The summed E-state index contributed by atoms with van der Waals surface area (Å²) in [6, 6.07) is 0. The standard InChI is InChI=1S/C12H26/c1-6-10(3)8-12(5)9-11(4)7-2/h10-12H,6-9H2,1-5H3/t10-,11+,12?. The Morgan fingerprint density at radius 1 is 0.667 bits per heavy atom. The van der Waals surface area contributed by atoms with Crippen LogP contribution in [0.2, 0.25) is 0 Å². The van der Waals surface area contributed by atoms with Crippen LogP contribution in [0.5, 0.6) is 0 Å². The zero-order valence-electron chi connectivity index (χ0n) is 9.56. The van der Waals surface area contributed by atoms with Crippen molar-refractivity contribution in [1.82, 2.24) is 0 Å². The first-order valence-corrected chi connectivity index (χ1v) is 5.60. The molecule has 0 bridgehead atoms. The average molecular weight is 170 g/mol. The molecule has 0 nitrogen and oxygen atoms in total. The van der Waals surface area contributed by atoms with Crippen molar-refractivity contribution in [2.75, 3.05) is 0 Å². The van der Waals surface area contributed by atoms with Gasteiger partial charge in [0.2, 0.25) is 0 Å².